The van der Waals surface area contributed by atoms with Crippen LogP contribution in [0, 0.1) is 0 Å². The highest BCUT2D eigenvalue weighted by molar-refractivity contribution is 7.48. The number of carbonyl (C=O) groups excluding carboxylic acids is 1. The van der Waals surface area contributed by atoms with Crippen LogP contribution in [0.4, 0.5) is 0 Å². The Balaban J connectivity index is 1.56. The fraction of sp³-hybridized carbons (Fsp3) is 0. The van der Waals surface area contributed by atoms with Gasteiger partial charge in [0.05, 0.1) is 0 Å². The third-order valence-electron chi connectivity index (χ3n) is 4.74. The molecule has 4 aromatic carbocycles. The molecule has 4 rings (SSSR count). The predicted octanol–water partition coefficient (Wildman–Crippen LogP) is 6.67. The van der Waals surface area contributed by atoms with Crippen LogP contribution in [0.5, 0.6) is 11.5 Å². The molecule has 0 spiro atoms. The van der Waals surface area contributed by atoms with Gasteiger partial charge in [0, 0.05) is 11.1 Å². The number of hydrogen-bond donors (Lipinski definition) is 1. The second-order valence-electron chi connectivity index (χ2n) is 7.15. The van der Waals surface area contributed by atoms with Crippen LogP contribution in [0.25, 0.3) is 11.6 Å². The van der Waals surface area contributed by atoms with Gasteiger partial charge in [-0.05, 0) is 53.6 Å². The lowest BCUT2D eigenvalue weighted by Gasteiger charge is -2.14. The van der Waals surface area contributed by atoms with Crippen LogP contribution in [0.1, 0.15) is 21.5 Å². The van der Waals surface area contributed by atoms with Crippen LogP contribution in [-0.4, -0.2) is 10.7 Å². The van der Waals surface area contributed by atoms with Gasteiger partial charge in [-0.15, -0.1) is 0 Å². The van der Waals surface area contributed by atoms with Crippen molar-refractivity contribution in [3.8, 4) is 11.5 Å². The molecule has 0 aliphatic rings. The van der Waals surface area contributed by atoms with Gasteiger partial charge in [-0.1, -0.05) is 78.9 Å². The molecule has 0 saturated carbocycles. The summed E-state index contributed by atoms with van der Waals surface area (Å²) in [5.41, 5.74) is 2.66. The molecule has 0 amide bonds. The lowest BCUT2D eigenvalue weighted by molar-refractivity contribution is 0.105. The van der Waals surface area contributed by atoms with Crippen molar-refractivity contribution in [3.63, 3.8) is 0 Å². The van der Waals surface area contributed by atoms with Gasteiger partial charge >= 0.3 is 7.82 Å². The molecular formula is C27H21O5P. The normalized spacial score (nSPS) is 13.1. The maximum atomic E-state index is 13.3. The van der Waals surface area contributed by atoms with Crippen molar-refractivity contribution in [1.82, 2.24) is 0 Å². The van der Waals surface area contributed by atoms with E-state index in [1.807, 2.05) is 66.7 Å². The lowest BCUT2D eigenvalue weighted by Crippen LogP contribution is -2.04. The predicted molar refractivity (Wildman–Crippen MR) is 129 cm³/mol. The van der Waals surface area contributed by atoms with Crippen LogP contribution < -0.4 is 9.05 Å². The zero-order valence-corrected chi connectivity index (χ0v) is 18.5. The summed E-state index contributed by atoms with van der Waals surface area (Å²) < 4.78 is 22.5. The van der Waals surface area contributed by atoms with Crippen molar-refractivity contribution in [1.29, 1.82) is 0 Å². The molecule has 0 heterocycles. The lowest BCUT2D eigenvalue weighted by atomic mass is 9.95. The van der Waals surface area contributed by atoms with E-state index in [-0.39, 0.29) is 17.3 Å². The Morgan fingerprint density at radius 2 is 1.12 bits per heavy atom. The molecule has 164 valence electrons. The molecule has 1 N–H and O–H groups in total. The van der Waals surface area contributed by atoms with Gasteiger partial charge in [-0.3, -0.25) is 9.69 Å². The molecule has 5 nitrogen and oxygen atoms in total. The molecule has 1 unspecified atom stereocenters. The topological polar surface area (TPSA) is 72.8 Å². The summed E-state index contributed by atoms with van der Waals surface area (Å²) in [6, 6.07) is 33.3. The maximum absolute atomic E-state index is 13.3. The Morgan fingerprint density at radius 3 is 1.70 bits per heavy atom. The number of benzene rings is 4. The molecule has 33 heavy (non-hydrogen) atoms. The first-order valence-electron chi connectivity index (χ1n) is 10.2. The molecule has 0 aliphatic heterocycles. The summed E-state index contributed by atoms with van der Waals surface area (Å²) in [6.45, 7) is 0. The Labute approximate surface area is 192 Å². The summed E-state index contributed by atoms with van der Waals surface area (Å²) in [4.78, 5) is 23.4. The Hall–Kier alpha value is -3.92. The van der Waals surface area contributed by atoms with Crippen molar-refractivity contribution >= 4 is 25.3 Å². The number of phosphoric ester groups is 1. The number of hydrogen-bond acceptors (Lipinski definition) is 4. The van der Waals surface area contributed by atoms with Crippen LogP contribution >= 0.6 is 7.82 Å². The average Bonchev–Trinajstić information content (AvgIpc) is 2.84. The Bertz CT molecular complexity index is 1280. The number of para-hydroxylation sites is 1. The molecule has 6 heteroatoms. The number of phosphoric acid groups is 1. The first kappa shape index (κ1) is 22.3. The minimum absolute atomic E-state index is 0.113. The van der Waals surface area contributed by atoms with Crippen molar-refractivity contribution in [3.05, 3.63) is 132 Å². The standard InChI is InChI=1S/C27H21O5P/c28-27(26(22-12-6-2-7-13-22)20-21-10-4-1-5-11-21)23-16-18-25(19-17-23)32-33(29,30)31-24-14-8-3-9-15-24/h1-20H,(H,29,30). The SMILES string of the molecule is O=C(C(=Cc1ccccc1)c1ccccc1)c1ccc(OP(=O)(O)Oc2ccccc2)cc1. The van der Waals surface area contributed by atoms with Gasteiger partial charge in [0.25, 0.3) is 0 Å². The Morgan fingerprint density at radius 1 is 0.636 bits per heavy atom. The third-order valence-corrected chi connectivity index (χ3v) is 5.62. The Kier molecular flexibility index (Phi) is 6.84. The molecule has 4 aromatic rings. The number of carbonyl (C=O) groups is 1. The fourth-order valence-electron chi connectivity index (χ4n) is 3.20. The highest BCUT2D eigenvalue weighted by Gasteiger charge is 2.25. The summed E-state index contributed by atoms with van der Waals surface area (Å²) in [7, 11) is -4.38. The van der Waals surface area contributed by atoms with Crippen molar-refractivity contribution in [2.75, 3.05) is 0 Å². The van der Waals surface area contributed by atoms with E-state index in [9.17, 15) is 14.3 Å². The minimum Gasteiger partial charge on any atom is -0.395 e. The summed E-state index contributed by atoms with van der Waals surface area (Å²) in [5, 5.41) is 0. The molecule has 0 aliphatic carbocycles. The van der Waals surface area contributed by atoms with E-state index < -0.39 is 7.82 Å². The number of allylic oxidation sites excluding steroid dienone is 1. The fourth-order valence-corrected chi connectivity index (χ4v) is 4.02. The number of ketones is 1. The minimum atomic E-state index is -4.38. The van der Waals surface area contributed by atoms with Gasteiger partial charge in [0.2, 0.25) is 0 Å². The molecular weight excluding hydrogens is 435 g/mol. The van der Waals surface area contributed by atoms with Crippen molar-refractivity contribution in [2.45, 2.75) is 0 Å². The van der Waals surface area contributed by atoms with Crippen LogP contribution in [-0.2, 0) is 4.57 Å². The molecule has 0 radical (unpaired) electrons. The second-order valence-corrected chi connectivity index (χ2v) is 8.45. The third kappa shape index (κ3) is 6.07. The zero-order chi connectivity index (χ0) is 23.1. The maximum Gasteiger partial charge on any atom is 0.584 e. The molecule has 0 aromatic heterocycles. The summed E-state index contributed by atoms with van der Waals surface area (Å²) in [5.74, 6) is 0.152. The van der Waals surface area contributed by atoms with Crippen LogP contribution in [0.2, 0.25) is 0 Å². The van der Waals surface area contributed by atoms with Crippen LogP contribution in [0.15, 0.2) is 115 Å². The first-order chi connectivity index (χ1) is 16.0. The van der Waals surface area contributed by atoms with Gasteiger partial charge in [-0.25, -0.2) is 4.57 Å². The number of Topliss-reactive ketones (excluding diaryl/α,β-unsaturated/α-hetero) is 1. The van der Waals surface area contributed by atoms with E-state index in [2.05, 4.69) is 0 Å². The second kappa shape index (κ2) is 10.1. The molecule has 0 bridgehead atoms. The largest absolute Gasteiger partial charge is 0.584 e. The first-order valence-corrected chi connectivity index (χ1v) is 11.7. The average molecular weight is 456 g/mol. The molecule has 0 saturated heterocycles. The van der Waals surface area contributed by atoms with E-state index in [0.717, 1.165) is 11.1 Å². The zero-order valence-electron chi connectivity index (χ0n) is 17.6. The molecule has 0 fully saturated rings. The van der Waals surface area contributed by atoms with Crippen LogP contribution in [0.3, 0.4) is 0 Å². The van der Waals surface area contributed by atoms with E-state index >= 15 is 0 Å². The van der Waals surface area contributed by atoms with Gasteiger partial charge in [0.1, 0.15) is 11.5 Å². The van der Waals surface area contributed by atoms with Gasteiger partial charge in [0.15, 0.2) is 5.78 Å². The highest BCUT2D eigenvalue weighted by Crippen LogP contribution is 2.44. The van der Waals surface area contributed by atoms with E-state index in [1.54, 1.807) is 42.5 Å². The van der Waals surface area contributed by atoms with E-state index in [1.165, 1.54) is 12.1 Å². The van der Waals surface area contributed by atoms with Gasteiger partial charge in [-0.2, -0.15) is 0 Å². The summed E-state index contributed by atoms with van der Waals surface area (Å²) >= 11 is 0. The molecule has 1 atom stereocenters. The number of rotatable bonds is 8. The van der Waals surface area contributed by atoms with E-state index in [0.29, 0.717) is 11.1 Å². The summed E-state index contributed by atoms with van der Waals surface area (Å²) in [6.07, 6.45) is 1.84. The van der Waals surface area contributed by atoms with E-state index in [4.69, 9.17) is 9.05 Å². The van der Waals surface area contributed by atoms with Crippen molar-refractivity contribution in [2.24, 2.45) is 0 Å². The highest BCUT2D eigenvalue weighted by atomic mass is 31.2. The smallest absolute Gasteiger partial charge is 0.395 e. The quantitative estimate of drug-likeness (QED) is 0.139. The van der Waals surface area contributed by atoms with Crippen molar-refractivity contribution < 1.29 is 23.3 Å². The van der Waals surface area contributed by atoms with Gasteiger partial charge < -0.3 is 9.05 Å². The monoisotopic (exact) mass is 456 g/mol.